The SMILES string of the molecule is CCCn1nccc1C(O)c1ccc(CC)o1. The molecule has 0 saturated carbocycles. The number of furan rings is 1. The van der Waals surface area contributed by atoms with Gasteiger partial charge < -0.3 is 9.52 Å². The first-order valence-corrected chi connectivity index (χ1v) is 6.04. The largest absolute Gasteiger partial charge is 0.463 e. The van der Waals surface area contributed by atoms with E-state index in [-0.39, 0.29) is 0 Å². The topological polar surface area (TPSA) is 51.2 Å². The second kappa shape index (κ2) is 5.19. The average Bonchev–Trinajstić information content (AvgIpc) is 2.97. The van der Waals surface area contributed by atoms with Gasteiger partial charge >= 0.3 is 0 Å². The van der Waals surface area contributed by atoms with Gasteiger partial charge in [0.05, 0.1) is 5.69 Å². The fraction of sp³-hybridized carbons (Fsp3) is 0.462. The second-order valence-electron chi connectivity index (χ2n) is 4.04. The van der Waals surface area contributed by atoms with Crippen molar-refractivity contribution < 1.29 is 9.52 Å². The monoisotopic (exact) mass is 234 g/mol. The molecular formula is C13H18N2O2. The predicted molar refractivity (Wildman–Crippen MR) is 64.7 cm³/mol. The molecule has 0 radical (unpaired) electrons. The Morgan fingerprint density at radius 3 is 2.82 bits per heavy atom. The number of aryl methyl sites for hydroxylation is 2. The molecule has 92 valence electrons. The first-order chi connectivity index (χ1) is 8.26. The molecule has 0 amide bonds. The molecule has 0 aromatic carbocycles. The van der Waals surface area contributed by atoms with Gasteiger partial charge in [-0.05, 0) is 24.6 Å². The van der Waals surface area contributed by atoms with Crippen LogP contribution in [-0.2, 0) is 13.0 Å². The molecule has 2 aromatic heterocycles. The zero-order chi connectivity index (χ0) is 12.3. The molecule has 0 fully saturated rings. The minimum Gasteiger partial charge on any atom is -0.463 e. The van der Waals surface area contributed by atoms with E-state index in [1.807, 2.05) is 29.8 Å². The zero-order valence-electron chi connectivity index (χ0n) is 10.3. The van der Waals surface area contributed by atoms with Crippen LogP contribution >= 0.6 is 0 Å². The van der Waals surface area contributed by atoms with Gasteiger partial charge in [0.1, 0.15) is 11.5 Å². The smallest absolute Gasteiger partial charge is 0.153 e. The molecule has 0 aliphatic heterocycles. The Labute approximate surface area is 101 Å². The van der Waals surface area contributed by atoms with Crippen molar-refractivity contribution in [2.24, 2.45) is 0 Å². The zero-order valence-corrected chi connectivity index (χ0v) is 10.3. The molecule has 1 N–H and O–H groups in total. The van der Waals surface area contributed by atoms with Crippen LogP contribution < -0.4 is 0 Å². The Balaban J connectivity index is 2.23. The number of nitrogens with zero attached hydrogens (tertiary/aromatic N) is 2. The summed E-state index contributed by atoms with van der Waals surface area (Å²) in [5, 5.41) is 14.4. The highest BCUT2D eigenvalue weighted by molar-refractivity contribution is 5.19. The Morgan fingerprint density at radius 1 is 1.35 bits per heavy atom. The molecule has 2 rings (SSSR count). The van der Waals surface area contributed by atoms with Gasteiger partial charge in [-0.1, -0.05) is 13.8 Å². The third-order valence-corrected chi connectivity index (χ3v) is 2.77. The Bertz CT molecular complexity index is 473. The van der Waals surface area contributed by atoms with Crippen molar-refractivity contribution in [3.05, 3.63) is 41.6 Å². The highest BCUT2D eigenvalue weighted by atomic mass is 16.4. The lowest BCUT2D eigenvalue weighted by atomic mass is 10.2. The van der Waals surface area contributed by atoms with E-state index in [1.54, 1.807) is 6.20 Å². The van der Waals surface area contributed by atoms with Crippen LogP contribution in [0.2, 0.25) is 0 Å². The normalized spacial score (nSPS) is 12.9. The van der Waals surface area contributed by atoms with Crippen LogP contribution in [0.5, 0.6) is 0 Å². The summed E-state index contributed by atoms with van der Waals surface area (Å²) in [6.45, 7) is 4.91. The Kier molecular flexibility index (Phi) is 3.64. The summed E-state index contributed by atoms with van der Waals surface area (Å²) in [7, 11) is 0. The number of aromatic nitrogens is 2. The van der Waals surface area contributed by atoms with E-state index in [4.69, 9.17) is 4.42 Å². The van der Waals surface area contributed by atoms with Crippen LogP contribution in [0.3, 0.4) is 0 Å². The number of aliphatic hydroxyl groups excluding tert-OH is 1. The van der Waals surface area contributed by atoms with E-state index in [9.17, 15) is 5.11 Å². The highest BCUT2D eigenvalue weighted by Crippen LogP contribution is 2.23. The summed E-state index contributed by atoms with van der Waals surface area (Å²) in [5.41, 5.74) is 0.781. The maximum atomic E-state index is 10.2. The van der Waals surface area contributed by atoms with Crippen LogP contribution in [0.25, 0.3) is 0 Å². The third-order valence-electron chi connectivity index (χ3n) is 2.77. The molecule has 0 saturated heterocycles. The maximum Gasteiger partial charge on any atom is 0.153 e. The van der Waals surface area contributed by atoms with Crippen LogP contribution in [-0.4, -0.2) is 14.9 Å². The van der Waals surface area contributed by atoms with Gasteiger partial charge in [0.2, 0.25) is 0 Å². The van der Waals surface area contributed by atoms with E-state index < -0.39 is 6.10 Å². The number of hydrogen-bond donors (Lipinski definition) is 1. The minimum absolute atomic E-state index is 0.583. The van der Waals surface area contributed by atoms with E-state index in [0.717, 1.165) is 30.8 Å². The number of hydrogen-bond acceptors (Lipinski definition) is 3. The van der Waals surface area contributed by atoms with Crippen LogP contribution in [0.4, 0.5) is 0 Å². The number of aliphatic hydroxyl groups is 1. The van der Waals surface area contributed by atoms with Gasteiger partial charge in [0.15, 0.2) is 6.10 Å². The molecule has 0 aliphatic rings. The average molecular weight is 234 g/mol. The molecule has 4 heteroatoms. The van der Waals surface area contributed by atoms with E-state index >= 15 is 0 Å². The molecule has 1 atom stereocenters. The van der Waals surface area contributed by atoms with Gasteiger partial charge in [-0.15, -0.1) is 0 Å². The summed E-state index contributed by atoms with van der Waals surface area (Å²) < 4.78 is 7.38. The summed E-state index contributed by atoms with van der Waals surface area (Å²) >= 11 is 0. The maximum absolute atomic E-state index is 10.2. The summed E-state index contributed by atoms with van der Waals surface area (Å²) in [6, 6.07) is 5.56. The van der Waals surface area contributed by atoms with Crippen LogP contribution in [0.15, 0.2) is 28.8 Å². The lowest BCUT2D eigenvalue weighted by Crippen LogP contribution is -2.09. The first-order valence-electron chi connectivity index (χ1n) is 6.04. The van der Waals surface area contributed by atoms with E-state index in [1.165, 1.54) is 0 Å². The second-order valence-corrected chi connectivity index (χ2v) is 4.04. The van der Waals surface area contributed by atoms with Crippen LogP contribution in [0, 0.1) is 0 Å². The molecule has 17 heavy (non-hydrogen) atoms. The van der Waals surface area contributed by atoms with Crippen molar-refractivity contribution >= 4 is 0 Å². The van der Waals surface area contributed by atoms with Crippen molar-refractivity contribution in [1.82, 2.24) is 9.78 Å². The molecule has 1 unspecified atom stereocenters. The molecule has 2 aromatic rings. The molecule has 0 bridgehead atoms. The molecule has 0 aliphatic carbocycles. The van der Waals surface area contributed by atoms with Crippen molar-refractivity contribution in [1.29, 1.82) is 0 Å². The van der Waals surface area contributed by atoms with Gasteiger partial charge in [0, 0.05) is 19.2 Å². The van der Waals surface area contributed by atoms with E-state index in [0.29, 0.717) is 5.76 Å². The molecule has 2 heterocycles. The first kappa shape index (κ1) is 11.9. The molecular weight excluding hydrogens is 216 g/mol. The third kappa shape index (κ3) is 2.42. The van der Waals surface area contributed by atoms with Gasteiger partial charge in [0.25, 0.3) is 0 Å². The van der Waals surface area contributed by atoms with E-state index in [2.05, 4.69) is 12.0 Å². The van der Waals surface area contributed by atoms with Gasteiger partial charge in [-0.3, -0.25) is 4.68 Å². The Morgan fingerprint density at radius 2 is 2.18 bits per heavy atom. The van der Waals surface area contributed by atoms with Crippen molar-refractivity contribution in [2.45, 2.75) is 39.3 Å². The lowest BCUT2D eigenvalue weighted by molar-refractivity contribution is 0.176. The van der Waals surface area contributed by atoms with Crippen LogP contribution in [0.1, 0.15) is 43.6 Å². The quantitative estimate of drug-likeness (QED) is 0.864. The van der Waals surface area contributed by atoms with Crippen molar-refractivity contribution in [3.63, 3.8) is 0 Å². The molecule has 4 nitrogen and oxygen atoms in total. The van der Waals surface area contributed by atoms with Crippen molar-refractivity contribution in [2.75, 3.05) is 0 Å². The van der Waals surface area contributed by atoms with Gasteiger partial charge in [-0.2, -0.15) is 5.10 Å². The van der Waals surface area contributed by atoms with Gasteiger partial charge in [-0.25, -0.2) is 0 Å². The fourth-order valence-corrected chi connectivity index (χ4v) is 1.85. The summed E-state index contributed by atoms with van der Waals surface area (Å²) in [5.74, 6) is 1.47. The number of rotatable bonds is 5. The minimum atomic E-state index is -0.732. The molecule has 0 spiro atoms. The highest BCUT2D eigenvalue weighted by Gasteiger charge is 2.18. The fourth-order valence-electron chi connectivity index (χ4n) is 1.85. The Hall–Kier alpha value is -1.55. The lowest BCUT2D eigenvalue weighted by Gasteiger charge is -2.10. The summed E-state index contributed by atoms with van der Waals surface area (Å²) in [4.78, 5) is 0. The summed E-state index contributed by atoms with van der Waals surface area (Å²) in [6.07, 6.45) is 2.79. The standard InChI is InChI=1S/C13H18N2O2/c1-3-9-15-11(7-8-14-15)13(16)12-6-5-10(4-2)17-12/h5-8,13,16H,3-4,9H2,1-2H3. The predicted octanol–water partition coefficient (Wildman–Crippen LogP) is 2.53. The van der Waals surface area contributed by atoms with Crippen molar-refractivity contribution in [3.8, 4) is 0 Å².